The maximum absolute atomic E-state index is 14.3. The van der Waals surface area contributed by atoms with Crippen molar-refractivity contribution in [1.82, 2.24) is 29.7 Å². The normalized spacial score (nSPS) is 11.3. The number of halogens is 2. The quantitative estimate of drug-likeness (QED) is 0.495. The molecule has 8 heteroatoms. The van der Waals surface area contributed by atoms with Gasteiger partial charge in [0, 0.05) is 23.3 Å². The Bertz CT molecular complexity index is 1330. The molecule has 3 heterocycles. The van der Waals surface area contributed by atoms with E-state index < -0.39 is 11.6 Å². The molecule has 0 amide bonds. The van der Waals surface area contributed by atoms with Crippen LogP contribution in [0.2, 0.25) is 0 Å². The maximum atomic E-state index is 14.3. The van der Waals surface area contributed by atoms with Gasteiger partial charge in [-0.1, -0.05) is 12.1 Å². The van der Waals surface area contributed by atoms with Crippen LogP contribution in [-0.4, -0.2) is 29.7 Å². The fourth-order valence-corrected chi connectivity index (χ4v) is 3.38. The van der Waals surface area contributed by atoms with E-state index in [4.69, 9.17) is 0 Å². The van der Waals surface area contributed by atoms with Gasteiger partial charge >= 0.3 is 0 Å². The van der Waals surface area contributed by atoms with Crippen LogP contribution in [0.5, 0.6) is 0 Å². The van der Waals surface area contributed by atoms with E-state index in [2.05, 4.69) is 25.1 Å². The van der Waals surface area contributed by atoms with Crippen molar-refractivity contribution in [2.75, 3.05) is 0 Å². The molecule has 0 bridgehead atoms. The van der Waals surface area contributed by atoms with Crippen LogP contribution in [0.3, 0.4) is 0 Å². The average molecular weight is 388 g/mol. The van der Waals surface area contributed by atoms with Crippen LogP contribution in [0.1, 0.15) is 5.69 Å². The second-order valence-electron chi connectivity index (χ2n) is 6.60. The lowest BCUT2D eigenvalue weighted by atomic mass is 9.99. The third kappa shape index (κ3) is 2.85. The molecule has 1 N–H and O–H groups in total. The molecule has 0 spiro atoms. The van der Waals surface area contributed by atoms with Crippen LogP contribution in [-0.2, 0) is 0 Å². The van der Waals surface area contributed by atoms with E-state index in [1.54, 1.807) is 12.5 Å². The highest BCUT2D eigenvalue weighted by Gasteiger charge is 2.19. The van der Waals surface area contributed by atoms with Gasteiger partial charge in [0.05, 0.1) is 16.8 Å². The second-order valence-corrected chi connectivity index (χ2v) is 6.60. The molecule has 142 valence electrons. The second kappa shape index (κ2) is 6.59. The predicted octanol–water partition coefficient (Wildman–Crippen LogP) is 4.46. The Labute approximate surface area is 163 Å². The summed E-state index contributed by atoms with van der Waals surface area (Å²) >= 11 is 0. The van der Waals surface area contributed by atoms with Crippen LogP contribution in [0, 0.1) is 18.6 Å². The molecule has 0 fully saturated rings. The minimum absolute atomic E-state index is 0.168. The number of imidazole rings is 1. The minimum atomic E-state index is -0.669. The number of fused-ring (bicyclic) bond motifs is 1. The summed E-state index contributed by atoms with van der Waals surface area (Å²) in [6.07, 6.45) is 6.66. The first-order chi connectivity index (χ1) is 14.1. The molecule has 0 saturated carbocycles. The number of rotatable bonds is 3. The number of benzene rings is 2. The van der Waals surface area contributed by atoms with E-state index in [0.717, 1.165) is 22.2 Å². The highest BCUT2D eigenvalue weighted by atomic mass is 19.1. The Morgan fingerprint density at radius 2 is 1.83 bits per heavy atom. The number of nitrogens with one attached hydrogen (secondary N) is 1. The van der Waals surface area contributed by atoms with Gasteiger partial charge in [-0.2, -0.15) is 5.10 Å². The summed E-state index contributed by atoms with van der Waals surface area (Å²) < 4.78 is 30.5. The van der Waals surface area contributed by atoms with Gasteiger partial charge in [0.1, 0.15) is 35.8 Å². The van der Waals surface area contributed by atoms with Crippen molar-refractivity contribution in [3.63, 3.8) is 0 Å². The summed E-state index contributed by atoms with van der Waals surface area (Å²) in [7, 11) is 0. The molecule has 0 aliphatic heterocycles. The first-order valence-corrected chi connectivity index (χ1v) is 8.86. The zero-order chi connectivity index (χ0) is 20.0. The maximum Gasteiger partial charge on any atom is 0.149 e. The molecule has 0 aliphatic carbocycles. The molecular formula is C21H14F2N6. The van der Waals surface area contributed by atoms with Gasteiger partial charge in [0.2, 0.25) is 0 Å². The molecule has 5 rings (SSSR count). The number of aryl methyl sites for hydroxylation is 1. The zero-order valence-electron chi connectivity index (χ0n) is 15.3. The van der Waals surface area contributed by atoms with Gasteiger partial charge < -0.3 is 0 Å². The van der Waals surface area contributed by atoms with Crippen molar-refractivity contribution in [3.05, 3.63) is 78.8 Å². The number of aromatic amines is 1. The van der Waals surface area contributed by atoms with Crippen molar-refractivity contribution in [2.45, 2.75) is 6.92 Å². The summed E-state index contributed by atoms with van der Waals surface area (Å²) in [5.74, 6) is -0.673. The first-order valence-electron chi connectivity index (χ1n) is 8.86. The molecule has 6 nitrogen and oxygen atoms in total. The Balaban J connectivity index is 1.71. The molecule has 29 heavy (non-hydrogen) atoms. The van der Waals surface area contributed by atoms with Gasteiger partial charge in [-0.25, -0.2) is 23.7 Å². The third-order valence-corrected chi connectivity index (χ3v) is 4.72. The van der Waals surface area contributed by atoms with Crippen molar-refractivity contribution < 1.29 is 8.78 Å². The first kappa shape index (κ1) is 17.2. The van der Waals surface area contributed by atoms with Crippen molar-refractivity contribution in [2.24, 2.45) is 0 Å². The van der Waals surface area contributed by atoms with Crippen molar-refractivity contribution in [1.29, 1.82) is 0 Å². The monoisotopic (exact) mass is 388 g/mol. The van der Waals surface area contributed by atoms with E-state index in [0.29, 0.717) is 11.4 Å². The predicted molar refractivity (Wildman–Crippen MR) is 104 cm³/mol. The minimum Gasteiger partial charge on any atom is -0.290 e. The standard InChI is InChI=1S/C21H14F2N6/c1-12-9-29(11-26-12)21-14-7-13(5-6-18(14)24-10-25-21)15-8-27-28-20(15)19-16(22)3-2-4-17(19)23/h2-11H,1H3,(H,27,28). The summed E-state index contributed by atoms with van der Waals surface area (Å²) in [6, 6.07) is 9.31. The molecule has 0 atom stereocenters. The molecule has 5 aromatic rings. The SMILES string of the molecule is Cc1cn(-c2ncnc3ccc(-c4c[nH]nc4-c4c(F)cccc4F)cc23)cn1. The van der Waals surface area contributed by atoms with Gasteiger partial charge in [0.25, 0.3) is 0 Å². The molecule has 0 radical (unpaired) electrons. The molecule has 0 saturated heterocycles. The molecular weight excluding hydrogens is 374 g/mol. The highest BCUT2D eigenvalue weighted by molar-refractivity contribution is 5.92. The van der Waals surface area contributed by atoms with Crippen LogP contribution in [0.25, 0.3) is 39.1 Å². The number of H-pyrrole nitrogens is 1. The van der Waals surface area contributed by atoms with Gasteiger partial charge in [0.15, 0.2) is 0 Å². The topological polar surface area (TPSA) is 72.3 Å². The van der Waals surface area contributed by atoms with Gasteiger partial charge in [-0.3, -0.25) is 9.67 Å². The molecule has 0 unspecified atom stereocenters. The Morgan fingerprint density at radius 1 is 1.00 bits per heavy atom. The van der Waals surface area contributed by atoms with E-state index in [1.807, 2.05) is 35.9 Å². The van der Waals surface area contributed by atoms with Crippen molar-refractivity contribution >= 4 is 10.9 Å². The smallest absolute Gasteiger partial charge is 0.149 e. The van der Waals surface area contributed by atoms with Crippen molar-refractivity contribution in [3.8, 4) is 28.2 Å². The zero-order valence-corrected chi connectivity index (χ0v) is 15.3. The lowest BCUT2D eigenvalue weighted by Gasteiger charge is -2.09. The van der Waals surface area contributed by atoms with Gasteiger partial charge in [-0.05, 0) is 36.8 Å². The lowest BCUT2D eigenvalue weighted by Crippen LogP contribution is -1.97. The summed E-state index contributed by atoms with van der Waals surface area (Å²) in [5, 5.41) is 7.60. The fraction of sp³-hybridized carbons (Fsp3) is 0.0476. The van der Waals surface area contributed by atoms with Crippen LogP contribution >= 0.6 is 0 Å². The summed E-state index contributed by atoms with van der Waals surface area (Å²) in [6.45, 7) is 1.89. The number of hydrogen-bond acceptors (Lipinski definition) is 4. The molecule has 3 aromatic heterocycles. The van der Waals surface area contributed by atoms with E-state index in [-0.39, 0.29) is 11.3 Å². The molecule has 0 aliphatic rings. The third-order valence-electron chi connectivity index (χ3n) is 4.72. The van der Waals surface area contributed by atoms with E-state index >= 15 is 0 Å². The van der Waals surface area contributed by atoms with Crippen LogP contribution in [0.15, 0.2) is 61.4 Å². The summed E-state index contributed by atoms with van der Waals surface area (Å²) in [5.41, 5.74) is 2.95. The summed E-state index contributed by atoms with van der Waals surface area (Å²) in [4.78, 5) is 13.0. The highest BCUT2D eigenvalue weighted by Crippen LogP contribution is 2.35. The van der Waals surface area contributed by atoms with E-state index in [1.165, 1.54) is 24.5 Å². The molecule has 2 aromatic carbocycles. The fourth-order valence-electron chi connectivity index (χ4n) is 3.38. The Hall–Kier alpha value is -3.94. The van der Waals surface area contributed by atoms with E-state index in [9.17, 15) is 8.78 Å². The number of aromatic nitrogens is 6. The lowest BCUT2D eigenvalue weighted by molar-refractivity contribution is 0.588. The number of nitrogens with zero attached hydrogens (tertiary/aromatic N) is 5. The Kier molecular flexibility index (Phi) is 3.90. The Morgan fingerprint density at radius 3 is 2.59 bits per heavy atom. The van der Waals surface area contributed by atoms with Crippen LogP contribution in [0.4, 0.5) is 8.78 Å². The van der Waals surface area contributed by atoms with Gasteiger partial charge in [-0.15, -0.1) is 0 Å². The average Bonchev–Trinajstić information content (AvgIpc) is 3.36. The number of hydrogen-bond donors (Lipinski definition) is 1. The van der Waals surface area contributed by atoms with Crippen LogP contribution < -0.4 is 0 Å². The largest absolute Gasteiger partial charge is 0.290 e.